The standard InChI is InChI=1S/C12H17N3O3/c1-7-4-9(13)2-3-15(7)12(18)8-5-10(16)14-11(17)6-8/h5-7,9H,2-4,13H2,1H3,(H2,14,16,17). The second kappa shape index (κ2) is 4.81. The Morgan fingerprint density at radius 2 is 2.28 bits per heavy atom. The van der Waals surface area contributed by atoms with Crippen molar-refractivity contribution in [3.05, 3.63) is 28.0 Å². The minimum absolute atomic E-state index is 0.0441. The van der Waals surface area contributed by atoms with Crippen LogP contribution in [0.4, 0.5) is 0 Å². The number of hydrogen-bond acceptors (Lipinski definition) is 4. The maximum atomic E-state index is 12.2. The van der Waals surface area contributed by atoms with Gasteiger partial charge in [0.25, 0.3) is 11.5 Å². The van der Waals surface area contributed by atoms with Crippen LogP contribution in [0.1, 0.15) is 30.1 Å². The number of aromatic hydroxyl groups is 1. The van der Waals surface area contributed by atoms with E-state index in [9.17, 15) is 14.7 Å². The molecule has 98 valence electrons. The monoisotopic (exact) mass is 251 g/mol. The Morgan fingerprint density at radius 3 is 2.89 bits per heavy atom. The zero-order valence-electron chi connectivity index (χ0n) is 10.2. The van der Waals surface area contributed by atoms with E-state index in [-0.39, 0.29) is 29.4 Å². The van der Waals surface area contributed by atoms with E-state index in [0.717, 1.165) is 12.8 Å². The fourth-order valence-electron chi connectivity index (χ4n) is 2.33. The van der Waals surface area contributed by atoms with Crippen molar-refractivity contribution in [2.45, 2.75) is 31.8 Å². The third-order valence-corrected chi connectivity index (χ3v) is 3.25. The number of carbonyl (C=O) groups is 1. The number of likely N-dealkylation sites (tertiary alicyclic amines) is 1. The van der Waals surface area contributed by atoms with Gasteiger partial charge in [-0.1, -0.05) is 0 Å². The number of nitrogens with one attached hydrogen (secondary N) is 1. The van der Waals surface area contributed by atoms with Crippen LogP contribution in [0.15, 0.2) is 16.9 Å². The number of aromatic nitrogens is 1. The highest BCUT2D eigenvalue weighted by Gasteiger charge is 2.28. The number of amides is 1. The molecule has 1 aliphatic rings. The highest BCUT2D eigenvalue weighted by molar-refractivity contribution is 5.94. The lowest BCUT2D eigenvalue weighted by Crippen LogP contribution is -2.48. The van der Waals surface area contributed by atoms with Gasteiger partial charge in [-0.25, -0.2) is 0 Å². The quantitative estimate of drug-likeness (QED) is 0.655. The average Bonchev–Trinajstić information content (AvgIpc) is 2.26. The minimum atomic E-state index is -0.486. The number of rotatable bonds is 1. The Balaban J connectivity index is 2.23. The van der Waals surface area contributed by atoms with Crippen molar-refractivity contribution >= 4 is 5.91 Å². The van der Waals surface area contributed by atoms with Gasteiger partial charge in [-0.3, -0.25) is 14.6 Å². The maximum absolute atomic E-state index is 12.2. The topological polar surface area (TPSA) is 99.4 Å². The van der Waals surface area contributed by atoms with Crippen molar-refractivity contribution in [1.29, 1.82) is 0 Å². The average molecular weight is 251 g/mol. The number of pyridine rings is 1. The Bertz CT molecular complexity index is 512. The molecule has 1 aliphatic heterocycles. The van der Waals surface area contributed by atoms with E-state index < -0.39 is 5.56 Å². The minimum Gasteiger partial charge on any atom is -0.494 e. The highest BCUT2D eigenvalue weighted by atomic mass is 16.3. The van der Waals surface area contributed by atoms with E-state index in [1.807, 2.05) is 6.92 Å². The molecule has 1 fully saturated rings. The molecule has 4 N–H and O–H groups in total. The highest BCUT2D eigenvalue weighted by Crippen LogP contribution is 2.19. The molecule has 2 unspecified atom stereocenters. The van der Waals surface area contributed by atoms with E-state index in [0.29, 0.717) is 6.54 Å². The molecule has 0 aliphatic carbocycles. The first-order valence-electron chi connectivity index (χ1n) is 5.97. The van der Waals surface area contributed by atoms with Gasteiger partial charge in [0.05, 0.1) is 5.56 Å². The number of nitrogens with zero attached hydrogens (tertiary/aromatic N) is 1. The fraction of sp³-hybridized carbons (Fsp3) is 0.500. The van der Waals surface area contributed by atoms with Crippen molar-refractivity contribution in [2.75, 3.05) is 6.54 Å². The van der Waals surface area contributed by atoms with Crippen LogP contribution >= 0.6 is 0 Å². The van der Waals surface area contributed by atoms with Crippen LogP contribution in [0.5, 0.6) is 5.88 Å². The van der Waals surface area contributed by atoms with Crippen LogP contribution in [0.2, 0.25) is 0 Å². The first-order chi connectivity index (χ1) is 8.47. The molecule has 0 radical (unpaired) electrons. The molecular formula is C12H17N3O3. The second-order valence-corrected chi connectivity index (χ2v) is 4.75. The van der Waals surface area contributed by atoms with Crippen LogP contribution in [0, 0.1) is 0 Å². The predicted molar refractivity (Wildman–Crippen MR) is 66.4 cm³/mol. The van der Waals surface area contributed by atoms with Gasteiger partial charge in [-0.2, -0.15) is 0 Å². The molecular weight excluding hydrogens is 234 g/mol. The second-order valence-electron chi connectivity index (χ2n) is 4.75. The number of hydrogen-bond donors (Lipinski definition) is 3. The summed E-state index contributed by atoms with van der Waals surface area (Å²) >= 11 is 0. The lowest BCUT2D eigenvalue weighted by molar-refractivity contribution is 0.0618. The molecule has 1 amide bonds. The zero-order chi connectivity index (χ0) is 13.3. The Hall–Kier alpha value is -1.82. The Labute approximate surface area is 104 Å². The number of nitrogens with two attached hydrogens (primary N) is 1. The van der Waals surface area contributed by atoms with Gasteiger partial charge in [0.1, 0.15) is 0 Å². The van der Waals surface area contributed by atoms with Gasteiger partial charge in [0.2, 0.25) is 0 Å². The smallest absolute Gasteiger partial charge is 0.254 e. The van der Waals surface area contributed by atoms with Crippen LogP contribution in [0.3, 0.4) is 0 Å². The van der Waals surface area contributed by atoms with E-state index >= 15 is 0 Å². The van der Waals surface area contributed by atoms with Crippen LogP contribution < -0.4 is 11.3 Å². The summed E-state index contributed by atoms with van der Waals surface area (Å²) in [5.41, 5.74) is 5.56. The van der Waals surface area contributed by atoms with Gasteiger partial charge < -0.3 is 15.7 Å². The van der Waals surface area contributed by atoms with Gasteiger partial charge in [0.15, 0.2) is 5.88 Å². The Morgan fingerprint density at radius 1 is 1.56 bits per heavy atom. The first kappa shape index (κ1) is 12.6. The zero-order valence-corrected chi connectivity index (χ0v) is 10.2. The normalized spacial score (nSPS) is 24.0. The van der Waals surface area contributed by atoms with Gasteiger partial charge in [-0.15, -0.1) is 0 Å². The fourth-order valence-corrected chi connectivity index (χ4v) is 2.33. The summed E-state index contributed by atoms with van der Waals surface area (Å²) in [4.78, 5) is 27.4. The van der Waals surface area contributed by atoms with Crippen molar-refractivity contribution in [1.82, 2.24) is 9.88 Å². The third kappa shape index (κ3) is 2.53. The number of aromatic amines is 1. The van der Waals surface area contributed by atoms with Crippen LogP contribution in [-0.2, 0) is 0 Å². The van der Waals surface area contributed by atoms with Crippen molar-refractivity contribution < 1.29 is 9.90 Å². The molecule has 2 heterocycles. The molecule has 6 nitrogen and oxygen atoms in total. The summed E-state index contributed by atoms with van der Waals surface area (Å²) in [6.45, 7) is 2.51. The van der Waals surface area contributed by atoms with Crippen LogP contribution in [-0.4, -0.2) is 39.5 Å². The lowest BCUT2D eigenvalue weighted by atomic mass is 9.98. The summed E-state index contributed by atoms with van der Waals surface area (Å²) in [5.74, 6) is -0.539. The van der Waals surface area contributed by atoms with E-state index in [1.165, 1.54) is 12.1 Å². The van der Waals surface area contributed by atoms with Crippen molar-refractivity contribution in [2.24, 2.45) is 5.73 Å². The molecule has 2 rings (SSSR count). The summed E-state index contributed by atoms with van der Waals surface area (Å²) in [6, 6.07) is 2.63. The summed E-state index contributed by atoms with van der Waals surface area (Å²) in [6.07, 6.45) is 1.51. The molecule has 1 saturated heterocycles. The molecule has 6 heteroatoms. The lowest BCUT2D eigenvalue weighted by Gasteiger charge is -2.36. The molecule has 2 atom stereocenters. The molecule has 0 bridgehead atoms. The van der Waals surface area contributed by atoms with E-state index in [4.69, 9.17) is 5.73 Å². The third-order valence-electron chi connectivity index (χ3n) is 3.25. The van der Waals surface area contributed by atoms with Gasteiger partial charge >= 0.3 is 0 Å². The molecule has 18 heavy (non-hydrogen) atoms. The molecule has 1 aromatic rings. The SMILES string of the molecule is CC1CC(N)CCN1C(=O)c1cc(O)[nH]c(=O)c1. The number of piperidine rings is 1. The van der Waals surface area contributed by atoms with E-state index in [1.54, 1.807) is 4.90 Å². The maximum Gasteiger partial charge on any atom is 0.254 e. The van der Waals surface area contributed by atoms with Crippen molar-refractivity contribution in [3.63, 3.8) is 0 Å². The molecule has 0 saturated carbocycles. The number of H-pyrrole nitrogens is 1. The van der Waals surface area contributed by atoms with Crippen LogP contribution in [0.25, 0.3) is 0 Å². The Kier molecular flexibility index (Phi) is 3.38. The molecule has 0 aromatic carbocycles. The largest absolute Gasteiger partial charge is 0.494 e. The summed E-state index contributed by atoms with van der Waals surface area (Å²) < 4.78 is 0. The summed E-state index contributed by atoms with van der Waals surface area (Å²) in [7, 11) is 0. The van der Waals surface area contributed by atoms with Crippen molar-refractivity contribution in [3.8, 4) is 5.88 Å². The predicted octanol–water partition coefficient (Wildman–Crippen LogP) is 0.0323. The molecule has 0 spiro atoms. The number of carbonyl (C=O) groups excluding carboxylic acids is 1. The van der Waals surface area contributed by atoms with Gasteiger partial charge in [0, 0.05) is 30.8 Å². The van der Waals surface area contributed by atoms with E-state index in [2.05, 4.69) is 4.98 Å². The molecule has 1 aromatic heterocycles. The first-order valence-corrected chi connectivity index (χ1v) is 5.97. The summed E-state index contributed by atoms with van der Waals surface area (Å²) in [5, 5.41) is 9.30. The van der Waals surface area contributed by atoms with Gasteiger partial charge in [-0.05, 0) is 19.8 Å².